The second-order valence-corrected chi connectivity index (χ2v) is 9.07. The number of halogens is 1. The van der Waals surface area contributed by atoms with Crippen LogP contribution in [-0.2, 0) is 5.60 Å². The van der Waals surface area contributed by atoms with E-state index in [1.54, 1.807) is 0 Å². The summed E-state index contributed by atoms with van der Waals surface area (Å²) in [6.45, 7) is 4.15. The summed E-state index contributed by atoms with van der Waals surface area (Å²) < 4.78 is 13.5. The Morgan fingerprint density at radius 2 is 1.55 bits per heavy atom. The first-order valence-corrected chi connectivity index (χ1v) is 11.2. The van der Waals surface area contributed by atoms with Crippen molar-refractivity contribution in [3.8, 4) is 0 Å². The van der Waals surface area contributed by atoms with Gasteiger partial charge < -0.3 is 10.0 Å². The summed E-state index contributed by atoms with van der Waals surface area (Å²) in [6, 6.07) is 17.7. The first kappa shape index (κ1) is 19.1. The van der Waals surface area contributed by atoms with Crippen LogP contribution in [0.2, 0.25) is 0 Å². The molecule has 3 aliphatic rings. The normalized spacial score (nSPS) is 32.9. The van der Waals surface area contributed by atoms with E-state index in [-0.39, 0.29) is 11.7 Å². The van der Waals surface area contributed by atoms with E-state index < -0.39 is 5.60 Å². The zero-order chi connectivity index (χ0) is 19.8. The van der Waals surface area contributed by atoms with Gasteiger partial charge in [-0.3, -0.25) is 4.90 Å². The highest BCUT2D eigenvalue weighted by Gasteiger charge is 2.54. The molecule has 0 amide bonds. The summed E-state index contributed by atoms with van der Waals surface area (Å²) in [5, 5.41) is 12.0. The van der Waals surface area contributed by atoms with Crippen LogP contribution in [0.4, 0.5) is 10.1 Å². The largest absolute Gasteiger partial charge is 0.385 e. The molecule has 4 atom stereocenters. The van der Waals surface area contributed by atoms with Gasteiger partial charge in [-0.25, -0.2) is 4.39 Å². The van der Waals surface area contributed by atoms with E-state index in [1.165, 1.54) is 30.7 Å². The van der Waals surface area contributed by atoms with Crippen molar-refractivity contribution in [1.82, 2.24) is 4.90 Å². The van der Waals surface area contributed by atoms with Gasteiger partial charge in [0.05, 0.1) is 5.60 Å². The standard InChI is InChI=1S/C25H31FN2O/c26-21-12-9-20(10-13-21)25(29)19-5-4-8-23(25)24(14-11-19)28-17-15-27(16-18-28)22-6-2-1-3-7-22/h1-3,6-7,9-10,12-13,19,23-24,29H,4-5,8,11,14-18H2. The van der Waals surface area contributed by atoms with Crippen molar-refractivity contribution in [3.63, 3.8) is 0 Å². The number of rotatable bonds is 3. The zero-order valence-electron chi connectivity index (χ0n) is 17.0. The van der Waals surface area contributed by atoms with E-state index in [4.69, 9.17) is 0 Å². The number of benzene rings is 2. The molecule has 5 rings (SSSR count). The average Bonchev–Trinajstić information content (AvgIpc) is 2.75. The smallest absolute Gasteiger partial charge is 0.123 e. The molecule has 2 aromatic rings. The monoisotopic (exact) mass is 394 g/mol. The third-order valence-corrected chi connectivity index (χ3v) is 7.74. The van der Waals surface area contributed by atoms with Crippen molar-refractivity contribution in [2.75, 3.05) is 31.1 Å². The summed E-state index contributed by atoms with van der Waals surface area (Å²) >= 11 is 0. The van der Waals surface area contributed by atoms with Crippen molar-refractivity contribution < 1.29 is 9.50 Å². The predicted octanol–water partition coefficient (Wildman–Crippen LogP) is 4.41. The molecule has 29 heavy (non-hydrogen) atoms. The number of anilines is 1. The Morgan fingerprint density at radius 3 is 2.28 bits per heavy atom. The van der Waals surface area contributed by atoms with Gasteiger partial charge in [0.1, 0.15) is 5.82 Å². The minimum Gasteiger partial charge on any atom is -0.385 e. The highest BCUT2D eigenvalue weighted by atomic mass is 19.1. The van der Waals surface area contributed by atoms with Gasteiger partial charge in [-0.1, -0.05) is 36.8 Å². The van der Waals surface area contributed by atoms with Gasteiger partial charge in [0.2, 0.25) is 0 Å². The maximum absolute atomic E-state index is 13.5. The summed E-state index contributed by atoms with van der Waals surface area (Å²) in [5.41, 5.74) is 1.41. The molecule has 2 aliphatic carbocycles. The Labute approximate surface area is 173 Å². The molecule has 3 nitrogen and oxygen atoms in total. The molecule has 4 unspecified atom stereocenters. The predicted molar refractivity (Wildman–Crippen MR) is 114 cm³/mol. The molecule has 3 fully saturated rings. The first-order chi connectivity index (χ1) is 14.2. The van der Waals surface area contributed by atoms with E-state index in [1.807, 2.05) is 12.1 Å². The van der Waals surface area contributed by atoms with E-state index in [0.29, 0.717) is 12.0 Å². The number of aliphatic hydroxyl groups is 1. The molecule has 0 aromatic heterocycles. The molecule has 4 heteroatoms. The number of para-hydroxylation sites is 1. The van der Waals surface area contributed by atoms with Crippen molar-refractivity contribution in [2.45, 2.75) is 43.7 Å². The average molecular weight is 395 g/mol. The van der Waals surface area contributed by atoms with Crippen LogP contribution < -0.4 is 4.90 Å². The fourth-order valence-electron chi connectivity index (χ4n) is 6.30. The third kappa shape index (κ3) is 3.36. The van der Waals surface area contributed by atoms with Crippen molar-refractivity contribution >= 4 is 5.69 Å². The van der Waals surface area contributed by atoms with Crippen LogP contribution in [0.3, 0.4) is 0 Å². The number of hydrogen-bond donors (Lipinski definition) is 1. The molecule has 1 aliphatic heterocycles. The number of nitrogens with zero attached hydrogens (tertiary/aromatic N) is 2. The molecule has 154 valence electrons. The Bertz CT molecular complexity index is 818. The summed E-state index contributed by atoms with van der Waals surface area (Å²) in [6.07, 6.45) is 5.57. The number of hydrogen-bond acceptors (Lipinski definition) is 3. The maximum Gasteiger partial charge on any atom is 0.123 e. The van der Waals surface area contributed by atoms with Gasteiger partial charge in [0.25, 0.3) is 0 Å². The van der Waals surface area contributed by atoms with Crippen LogP contribution in [-0.4, -0.2) is 42.2 Å². The Kier molecular flexibility index (Phi) is 5.09. The number of fused-ring (bicyclic) bond motifs is 2. The van der Waals surface area contributed by atoms with Crippen LogP contribution in [0.1, 0.15) is 37.7 Å². The van der Waals surface area contributed by atoms with E-state index in [9.17, 15) is 9.50 Å². The van der Waals surface area contributed by atoms with Crippen LogP contribution in [0.25, 0.3) is 0 Å². The quantitative estimate of drug-likeness (QED) is 0.835. The van der Waals surface area contributed by atoms with E-state index >= 15 is 0 Å². The lowest BCUT2D eigenvalue weighted by Crippen LogP contribution is -2.61. The SMILES string of the molecule is OC1(c2ccc(F)cc2)C2CCCC1C(N1CCN(c3ccccc3)CC1)CC2. The van der Waals surface area contributed by atoms with Gasteiger partial charge in [-0.05, 0) is 61.4 Å². The Morgan fingerprint density at radius 1 is 0.828 bits per heavy atom. The molecule has 2 aromatic carbocycles. The fraction of sp³-hybridized carbons (Fsp3) is 0.520. The summed E-state index contributed by atoms with van der Waals surface area (Å²) in [5.74, 6) is 0.309. The molecule has 2 saturated carbocycles. The van der Waals surface area contributed by atoms with Crippen LogP contribution in [0, 0.1) is 17.7 Å². The van der Waals surface area contributed by atoms with Gasteiger partial charge >= 0.3 is 0 Å². The van der Waals surface area contributed by atoms with Gasteiger partial charge in [-0.2, -0.15) is 0 Å². The van der Waals surface area contributed by atoms with Gasteiger partial charge in [0, 0.05) is 43.8 Å². The second-order valence-electron chi connectivity index (χ2n) is 9.07. The maximum atomic E-state index is 13.5. The summed E-state index contributed by atoms with van der Waals surface area (Å²) in [4.78, 5) is 5.09. The van der Waals surface area contributed by atoms with Crippen molar-refractivity contribution in [2.24, 2.45) is 11.8 Å². The minimum atomic E-state index is -0.814. The first-order valence-electron chi connectivity index (χ1n) is 11.2. The van der Waals surface area contributed by atoms with Crippen LogP contribution >= 0.6 is 0 Å². The molecule has 2 bridgehead atoms. The number of piperazine rings is 1. The lowest BCUT2D eigenvalue weighted by Gasteiger charge is -2.56. The zero-order valence-corrected chi connectivity index (χ0v) is 17.0. The van der Waals surface area contributed by atoms with E-state index in [0.717, 1.165) is 51.0 Å². The molecule has 0 radical (unpaired) electrons. The second kappa shape index (κ2) is 7.73. The highest BCUT2D eigenvalue weighted by molar-refractivity contribution is 5.46. The molecule has 1 N–H and O–H groups in total. The van der Waals surface area contributed by atoms with Gasteiger partial charge in [0.15, 0.2) is 0 Å². The molecular formula is C25H31FN2O. The van der Waals surface area contributed by atoms with E-state index in [2.05, 4.69) is 40.1 Å². The molecule has 1 heterocycles. The molecule has 1 saturated heterocycles. The van der Waals surface area contributed by atoms with Crippen molar-refractivity contribution in [1.29, 1.82) is 0 Å². The minimum absolute atomic E-state index is 0.230. The third-order valence-electron chi connectivity index (χ3n) is 7.74. The topological polar surface area (TPSA) is 26.7 Å². The van der Waals surface area contributed by atoms with Crippen LogP contribution in [0.15, 0.2) is 54.6 Å². The lowest BCUT2D eigenvalue weighted by atomic mass is 9.57. The van der Waals surface area contributed by atoms with Crippen LogP contribution in [0.5, 0.6) is 0 Å². The highest BCUT2D eigenvalue weighted by Crippen LogP contribution is 2.54. The summed E-state index contributed by atoms with van der Waals surface area (Å²) in [7, 11) is 0. The van der Waals surface area contributed by atoms with Gasteiger partial charge in [-0.15, -0.1) is 0 Å². The Balaban J connectivity index is 1.35. The lowest BCUT2D eigenvalue weighted by molar-refractivity contribution is -0.156. The molecule has 0 spiro atoms. The fourth-order valence-corrected chi connectivity index (χ4v) is 6.30. The Hall–Kier alpha value is -1.91. The van der Waals surface area contributed by atoms with Crippen molar-refractivity contribution in [3.05, 3.63) is 66.0 Å². The molecular weight excluding hydrogens is 363 g/mol.